The van der Waals surface area contributed by atoms with Crippen molar-refractivity contribution >= 4 is 0 Å². The molecule has 11 heavy (non-hydrogen) atoms. The van der Waals surface area contributed by atoms with E-state index in [1.54, 1.807) is 0 Å². The van der Waals surface area contributed by atoms with Gasteiger partial charge in [0.2, 0.25) is 0 Å². The van der Waals surface area contributed by atoms with E-state index in [1.165, 1.54) is 11.5 Å². The molecule has 0 bridgehead atoms. The maximum atomic E-state index is 3.86. The molecule has 0 nitrogen and oxygen atoms in total. The van der Waals surface area contributed by atoms with E-state index < -0.39 is 0 Å². The number of hydrogen-bond donors (Lipinski definition) is 0. The van der Waals surface area contributed by atoms with Gasteiger partial charge in [-0.2, -0.15) is 0 Å². The molecule has 0 unspecified atom stereocenters. The van der Waals surface area contributed by atoms with Crippen molar-refractivity contribution in [2.24, 2.45) is 0 Å². The van der Waals surface area contributed by atoms with E-state index in [4.69, 9.17) is 0 Å². The van der Waals surface area contributed by atoms with E-state index >= 15 is 0 Å². The summed E-state index contributed by atoms with van der Waals surface area (Å²) in [6.45, 7) is 8.03. The summed E-state index contributed by atoms with van der Waals surface area (Å²) in [4.78, 5) is 0. The molecule has 0 saturated carbocycles. The summed E-state index contributed by atoms with van der Waals surface area (Å²) in [7, 11) is 0. The van der Waals surface area contributed by atoms with Crippen LogP contribution in [0.3, 0.4) is 0 Å². The van der Waals surface area contributed by atoms with Crippen LogP contribution in [0.15, 0.2) is 36.0 Å². The van der Waals surface area contributed by atoms with E-state index in [1.807, 2.05) is 6.08 Å². The van der Waals surface area contributed by atoms with Gasteiger partial charge in [-0.05, 0) is 12.5 Å². The third kappa shape index (κ3) is 3.89. The van der Waals surface area contributed by atoms with Crippen LogP contribution in [-0.4, -0.2) is 0 Å². The normalized spacial score (nSPS) is 16.5. The Kier molecular flexibility index (Phi) is 7.15. The molecule has 0 aromatic heterocycles. The first-order valence-corrected chi connectivity index (χ1v) is 3.09. The van der Waals surface area contributed by atoms with Gasteiger partial charge >= 0.3 is 0 Å². The average molecular weight is 220 g/mol. The van der Waals surface area contributed by atoms with Crippen molar-refractivity contribution in [2.45, 2.75) is 13.8 Å². The van der Waals surface area contributed by atoms with Crippen LogP contribution in [0.25, 0.3) is 0 Å². The minimum absolute atomic E-state index is 0. The van der Waals surface area contributed by atoms with Crippen molar-refractivity contribution in [1.82, 2.24) is 0 Å². The van der Waals surface area contributed by atoms with Gasteiger partial charge < -0.3 is 12.4 Å². The van der Waals surface area contributed by atoms with Crippen LogP contribution in [0.5, 0.6) is 0 Å². The molecule has 57 valence electrons. The quantitative estimate of drug-likeness (QED) is 0.490. The first-order valence-electron chi connectivity index (χ1n) is 3.09. The zero-order valence-electron chi connectivity index (χ0n) is 7.02. The molecule has 1 aliphatic carbocycles. The van der Waals surface area contributed by atoms with Crippen LogP contribution in [0.1, 0.15) is 13.8 Å². The summed E-state index contributed by atoms with van der Waals surface area (Å²) in [5.74, 6) is 1.27. The molecule has 1 rings (SSSR count). The third-order valence-electron chi connectivity index (χ3n) is 1.50. The molecule has 0 aliphatic heterocycles. The largest absolute Gasteiger partial charge is 1.00 e. The van der Waals surface area contributed by atoms with Gasteiger partial charge in [0, 0.05) is 25.4 Å². The van der Waals surface area contributed by atoms with E-state index in [9.17, 15) is 0 Å². The van der Waals surface area contributed by atoms with Crippen LogP contribution in [0.4, 0.5) is 0 Å². The van der Waals surface area contributed by atoms with Gasteiger partial charge in [0.25, 0.3) is 0 Å². The van der Waals surface area contributed by atoms with Crippen LogP contribution >= 0.6 is 0 Å². The Morgan fingerprint density at radius 2 is 1.73 bits per heavy atom. The van der Waals surface area contributed by atoms with Gasteiger partial charge in [-0.3, -0.25) is 0 Å². The SMILES string of the molecule is C=C1C=CC(C)=C[C]1C.[Cl-].[Zn]. The second kappa shape index (κ2) is 5.74. The fourth-order valence-corrected chi connectivity index (χ4v) is 0.846. The van der Waals surface area contributed by atoms with E-state index in [-0.39, 0.29) is 31.9 Å². The van der Waals surface area contributed by atoms with Gasteiger partial charge in [-0.1, -0.05) is 37.3 Å². The molecule has 0 aromatic rings. The third-order valence-corrected chi connectivity index (χ3v) is 1.50. The Labute approximate surface area is 87.6 Å². The van der Waals surface area contributed by atoms with Crippen LogP contribution < -0.4 is 12.4 Å². The molecule has 1 radical (unpaired) electrons. The van der Waals surface area contributed by atoms with Gasteiger partial charge in [0.15, 0.2) is 0 Å². The molecule has 0 heterocycles. The van der Waals surface area contributed by atoms with Crippen molar-refractivity contribution in [3.8, 4) is 0 Å². The summed E-state index contributed by atoms with van der Waals surface area (Å²) < 4.78 is 0. The van der Waals surface area contributed by atoms with Gasteiger partial charge in [-0.25, -0.2) is 0 Å². The molecule has 0 amide bonds. The van der Waals surface area contributed by atoms with Crippen LogP contribution in [0.2, 0.25) is 0 Å². The second-order valence-electron chi connectivity index (χ2n) is 2.43. The Balaban J connectivity index is 0. The number of halogens is 1. The minimum Gasteiger partial charge on any atom is -1.00 e. The van der Waals surface area contributed by atoms with Gasteiger partial charge in [0.1, 0.15) is 0 Å². The van der Waals surface area contributed by atoms with E-state index in [0.717, 1.165) is 5.57 Å². The fraction of sp³-hybridized carbons (Fsp3) is 0.222. The molecular weight excluding hydrogens is 209 g/mol. The van der Waals surface area contributed by atoms with E-state index in [0.29, 0.717) is 0 Å². The number of rotatable bonds is 0. The second-order valence-corrected chi connectivity index (χ2v) is 2.43. The molecular formula is C9H11ClZn-. The number of hydrogen-bond acceptors (Lipinski definition) is 0. The average Bonchev–Trinajstić information content (AvgIpc) is 1.80. The first-order chi connectivity index (χ1) is 4.20. The summed E-state index contributed by atoms with van der Waals surface area (Å²) >= 11 is 0. The molecule has 1 aliphatic rings. The maximum absolute atomic E-state index is 3.86. The summed E-state index contributed by atoms with van der Waals surface area (Å²) in [5.41, 5.74) is 2.43. The van der Waals surface area contributed by atoms with Gasteiger partial charge in [-0.15, -0.1) is 0 Å². The Morgan fingerprint density at radius 3 is 2.09 bits per heavy atom. The predicted octanol–water partition coefficient (Wildman–Crippen LogP) is -0.345. The zero-order valence-corrected chi connectivity index (χ0v) is 10.7. The molecule has 2 heteroatoms. The Hall–Kier alpha value is 0.133. The van der Waals surface area contributed by atoms with Crippen LogP contribution in [0, 0.1) is 5.92 Å². The topological polar surface area (TPSA) is 0 Å². The van der Waals surface area contributed by atoms with Crippen molar-refractivity contribution in [3.05, 3.63) is 41.9 Å². The van der Waals surface area contributed by atoms with Crippen molar-refractivity contribution in [3.63, 3.8) is 0 Å². The van der Waals surface area contributed by atoms with E-state index in [2.05, 4.69) is 32.6 Å². The first kappa shape index (κ1) is 13.7. The summed E-state index contributed by atoms with van der Waals surface area (Å²) in [5, 5.41) is 0. The predicted molar refractivity (Wildman–Crippen MR) is 41.0 cm³/mol. The van der Waals surface area contributed by atoms with Crippen molar-refractivity contribution in [1.29, 1.82) is 0 Å². The molecule has 0 saturated heterocycles. The van der Waals surface area contributed by atoms with Crippen LogP contribution in [-0.2, 0) is 19.5 Å². The zero-order chi connectivity index (χ0) is 6.85. The minimum atomic E-state index is 0. The fourth-order valence-electron chi connectivity index (χ4n) is 0.846. The van der Waals surface area contributed by atoms with Crippen molar-refractivity contribution in [2.75, 3.05) is 0 Å². The van der Waals surface area contributed by atoms with Crippen molar-refractivity contribution < 1.29 is 31.9 Å². The summed E-state index contributed by atoms with van der Waals surface area (Å²) in [6, 6.07) is 0. The standard InChI is InChI=1S/C9H11.ClH.Zn/c1-7-4-5-8(2)9(3)6-7;;/h4-6H,2H2,1,3H3;1H;/p-1. The number of allylic oxidation sites excluding steroid dienone is 5. The molecule has 0 atom stereocenters. The summed E-state index contributed by atoms with van der Waals surface area (Å²) in [6.07, 6.45) is 6.27. The molecule has 0 aromatic carbocycles. The Morgan fingerprint density at radius 1 is 1.18 bits per heavy atom. The Bertz CT molecular complexity index is 192. The smallest absolute Gasteiger partial charge is 0.0232 e. The molecule has 0 fully saturated rings. The van der Waals surface area contributed by atoms with Gasteiger partial charge in [0.05, 0.1) is 0 Å². The molecule has 0 N–H and O–H groups in total. The monoisotopic (exact) mass is 218 g/mol. The maximum Gasteiger partial charge on any atom is 0.0232 e. The molecule has 0 spiro atoms.